The summed E-state index contributed by atoms with van der Waals surface area (Å²) in [4.78, 5) is 5.14. The largest absolute Gasteiger partial charge is 0.486 e. The van der Waals surface area contributed by atoms with Crippen molar-refractivity contribution < 1.29 is 22.3 Å². The van der Waals surface area contributed by atoms with Crippen molar-refractivity contribution in [1.29, 1.82) is 0 Å². The number of fused-ring (bicyclic) bond motifs is 1. The Balaban J connectivity index is 1.46. The molecule has 0 amide bonds. The van der Waals surface area contributed by atoms with Gasteiger partial charge in [0, 0.05) is 12.6 Å². The van der Waals surface area contributed by atoms with Crippen LogP contribution in [0.5, 0.6) is 11.5 Å². The van der Waals surface area contributed by atoms with Crippen molar-refractivity contribution in [1.82, 2.24) is 19.5 Å². The van der Waals surface area contributed by atoms with E-state index in [1.165, 1.54) is 27.8 Å². The normalized spacial score (nSPS) is 19.6. The van der Waals surface area contributed by atoms with Crippen molar-refractivity contribution in [3.05, 3.63) is 35.3 Å². The standard InChI is InChI=1S/C18H18N4O5S2/c1-11-16(28-10-19-11)18-21-20-17(27-18)13-3-2-6-22(13)29(23,24)12-4-5-14-15(9-12)26-8-7-25-14/h4-5,9-10,13H,2-3,6-8H2,1H3. The molecule has 2 aliphatic rings. The fourth-order valence-electron chi connectivity index (χ4n) is 3.56. The first-order chi connectivity index (χ1) is 14.0. The average molecular weight is 434 g/mol. The Kier molecular flexibility index (Phi) is 4.52. The van der Waals surface area contributed by atoms with Crippen molar-refractivity contribution in [2.24, 2.45) is 0 Å². The number of aryl methyl sites for hydroxylation is 1. The highest BCUT2D eigenvalue weighted by atomic mass is 32.2. The SMILES string of the molecule is Cc1ncsc1-c1nnc(C2CCCN2S(=O)(=O)c2ccc3c(c2)OCCO3)o1. The molecule has 1 saturated heterocycles. The van der Waals surface area contributed by atoms with Crippen LogP contribution in [0.15, 0.2) is 33.0 Å². The van der Waals surface area contributed by atoms with Crippen molar-refractivity contribution in [2.45, 2.75) is 30.7 Å². The van der Waals surface area contributed by atoms with E-state index in [0.29, 0.717) is 55.9 Å². The van der Waals surface area contributed by atoms with E-state index in [4.69, 9.17) is 13.9 Å². The zero-order valence-electron chi connectivity index (χ0n) is 15.6. The summed E-state index contributed by atoms with van der Waals surface area (Å²) in [6.07, 6.45) is 1.33. The molecular weight excluding hydrogens is 416 g/mol. The number of nitrogens with zero attached hydrogens (tertiary/aromatic N) is 4. The predicted molar refractivity (Wildman–Crippen MR) is 103 cm³/mol. The highest BCUT2D eigenvalue weighted by Gasteiger charge is 2.40. The maximum atomic E-state index is 13.3. The highest BCUT2D eigenvalue weighted by molar-refractivity contribution is 7.89. The van der Waals surface area contributed by atoms with Gasteiger partial charge in [-0.2, -0.15) is 4.31 Å². The van der Waals surface area contributed by atoms with Crippen molar-refractivity contribution in [3.63, 3.8) is 0 Å². The van der Waals surface area contributed by atoms with Crippen LogP contribution in [0.1, 0.15) is 30.5 Å². The Morgan fingerprint density at radius 2 is 2.00 bits per heavy atom. The number of rotatable bonds is 4. The second-order valence-corrected chi connectivity index (χ2v) is 9.54. The van der Waals surface area contributed by atoms with Crippen LogP contribution in [-0.2, 0) is 10.0 Å². The fraction of sp³-hybridized carbons (Fsp3) is 0.389. The third kappa shape index (κ3) is 3.18. The van der Waals surface area contributed by atoms with Crippen LogP contribution in [0, 0.1) is 6.92 Å². The number of hydrogen-bond acceptors (Lipinski definition) is 9. The van der Waals surface area contributed by atoms with Gasteiger partial charge in [-0.1, -0.05) is 0 Å². The second-order valence-electron chi connectivity index (χ2n) is 6.79. The molecule has 1 fully saturated rings. The average Bonchev–Trinajstić information content (AvgIpc) is 3.47. The van der Waals surface area contributed by atoms with E-state index in [0.717, 1.165) is 10.6 Å². The van der Waals surface area contributed by atoms with Gasteiger partial charge in [0.1, 0.15) is 24.1 Å². The van der Waals surface area contributed by atoms with Crippen molar-refractivity contribution >= 4 is 21.4 Å². The summed E-state index contributed by atoms with van der Waals surface area (Å²) in [5.74, 6) is 1.65. The van der Waals surface area contributed by atoms with E-state index in [9.17, 15) is 8.42 Å². The molecule has 1 unspecified atom stereocenters. The molecule has 0 bridgehead atoms. The molecule has 29 heavy (non-hydrogen) atoms. The van der Waals surface area contributed by atoms with Gasteiger partial charge in [-0.25, -0.2) is 13.4 Å². The van der Waals surface area contributed by atoms with Gasteiger partial charge in [-0.15, -0.1) is 21.5 Å². The molecule has 152 valence electrons. The number of hydrogen-bond donors (Lipinski definition) is 0. The van der Waals surface area contributed by atoms with E-state index < -0.39 is 16.1 Å². The van der Waals surface area contributed by atoms with E-state index in [2.05, 4.69) is 15.2 Å². The van der Waals surface area contributed by atoms with Crippen molar-refractivity contribution in [3.8, 4) is 22.3 Å². The Labute approximate surface area is 171 Å². The summed E-state index contributed by atoms with van der Waals surface area (Å²) in [5, 5.41) is 8.24. The third-order valence-corrected chi connectivity index (χ3v) is 7.81. The minimum absolute atomic E-state index is 0.159. The molecule has 11 heteroatoms. The lowest BCUT2D eigenvalue weighted by Crippen LogP contribution is -2.31. The van der Waals surface area contributed by atoms with Crippen LogP contribution in [0.25, 0.3) is 10.8 Å². The van der Waals surface area contributed by atoms with Crippen LogP contribution in [0.2, 0.25) is 0 Å². The first kappa shape index (κ1) is 18.5. The van der Waals surface area contributed by atoms with Crippen LogP contribution < -0.4 is 9.47 Å². The van der Waals surface area contributed by atoms with Gasteiger partial charge in [0.05, 0.1) is 16.1 Å². The first-order valence-corrected chi connectivity index (χ1v) is 11.5. The number of sulfonamides is 1. The first-order valence-electron chi connectivity index (χ1n) is 9.19. The molecular formula is C18H18N4O5S2. The molecule has 0 spiro atoms. The quantitative estimate of drug-likeness (QED) is 0.617. The Morgan fingerprint density at radius 1 is 1.17 bits per heavy atom. The van der Waals surface area contributed by atoms with Gasteiger partial charge in [-0.05, 0) is 31.9 Å². The lowest BCUT2D eigenvalue weighted by atomic mass is 10.2. The van der Waals surface area contributed by atoms with Crippen LogP contribution in [-0.4, -0.2) is 47.7 Å². The molecule has 3 aromatic rings. The maximum absolute atomic E-state index is 13.3. The number of benzene rings is 1. The molecule has 4 heterocycles. The molecule has 2 aromatic heterocycles. The smallest absolute Gasteiger partial charge is 0.259 e. The minimum atomic E-state index is -3.76. The van der Waals surface area contributed by atoms with E-state index in [1.807, 2.05) is 6.92 Å². The van der Waals surface area contributed by atoms with Crippen molar-refractivity contribution in [2.75, 3.05) is 19.8 Å². The van der Waals surface area contributed by atoms with E-state index in [-0.39, 0.29) is 4.90 Å². The van der Waals surface area contributed by atoms with Gasteiger partial charge in [0.2, 0.25) is 15.9 Å². The highest BCUT2D eigenvalue weighted by Crippen LogP contribution is 2.39. The molecule has 0 radical (unpaired) electrons. The molecule has 5 rings (SSSR count). The Hall–Kier alpha value is -2.50. The van der Waals surface area contributed by atoms with Crippen LogP contribution in [0.4, 0.5) is 0 Å². The van der Waals surface area contributed by atoms with E-state index in [1.54, 1.807) is 11.6 Å². The molecule has 1 aromatic carbocycles. The summed E-state index contributed by atoms with van der Waals surface area (Å²) in [7, 11) is -3.76. The van der Waals surface area contributed by atoms with Gasteiger partial charge in [0.25, 0.3) is 5.89 Å². The number of ether oxygens (including phenoxy) is 2. The fourth-order valence-corrected chi connectivity index (χ4v) is 5.95. The lowest BCUT2D eigenvalue weighted by Gasteiger charge is -2.23. The zero-order chi connectivity index (χ0) is 20.0. The Bertz CT molecular complexity index is 1160. The lowest BCUT2D eigenvalue weighted by molar-refractivity contribution is 0.171. The molecule has 0 saturated carbocycles. The maximum Gasteiger partial charge on any atom is 0.259 e. The minimum Gasteiger partial charge on any atom is -0.486 e. The summed E-state index contributed by atoms with van der Waals surface area (Å²) in [6.45, 7) is 3.10. The van der Waals surface area contributed by atoms with Gasteiger partial charge >= 0.3 is 0 Å². The molecule has 2 aliphatic heterocycles. The van der Waals surface area contributed by atoms with Gasteiger partial charge < -0.3 is 13.9 Å². The third-order valence-electron chi connectivity index (χ3n) is 4.99. The topological polar surface area (TPSA) is 108 Å². The van der Waals surface area contributed by atoms with Gasteiger partial charge in [0.15, 0.2) is 11.5 Å². The van der Waals surface area contributed by atoms with Crippen LogP contribution in [0.3, 0.4) is 0 Å². The number of aromatic nitrogens is 3. The summed E-state index contributed by atoms with van der Waals surface area (Å²) < 4.78 is 44.9. The van der Waals surface area contributed by atoms with Gasteiger partial charge in [-0.3, -0.25) is 0 Å². The number of thiazole rings is 1. The molecule has 9 nitrogen and oxygen atoms in total. The predicted octanol–water partition coefficient (Wildman–Crippen LogP) is 2.80. The molecule has 1 atom stereocenters. The monoisotopic (exact) mass is 434 g/mol. The molecule has 0 N–H and O–H groups in total. The summed E-state index contributed by atoms with van der Waals surface area (Å²) >= 11 is 1.41. The molecule has 0 aliphatic carbocycles. The second kappa shape index (κ2) is 7.08. The summed E-state index contributed by atoms with van der Waals surface area (Å²) in [5.41, 5.74) is 2.51. The Morgan fingerprint density at radius 3 is 2.79 bits per heavy atom. The van der Waals surface area contributed by atoms with E-state index >= 15 is 0 Å². The zero-order valence-corrected chi connectivity index (χ0v) is 17.2. The van der Waals surface area contributed by atoms with Crippen LogP contribution >= 0.6 is 11.3 Å². The summed E-state index contributed by atoms with van der Waals surface area (Å²) in [6, 6.07) is 4.18.